The van der Waals surface area contributed by atoms with Gasteiger partial charge in [-0.2, -0.15) is 0 Å². The fourth-order valence-corrected chi connectivity index (χ4v) is 0.391. The molecule has 2 heteroatoms. The quantitative estimate of drug-likeness (QED) is 0.440. The van der Waals surface area contributed by atoms with Crippen LogP contribution < -0.4 is 0 Å². The van der Waals surface area contributed by atoms with Gasteiger partial charge in [0.05, 0.1) is 0 Å². The van der Waals surface area contributed by atoms with Crippen molar-refractivity contribution in [2.75, 3.05) is 0 Å². The molecule has 1 aliphatic rings. The highest BCUT2D eigenvalue weighted by atomic mass is 16.3. The van der Waals surface area contributed by atoms with E-state index in [1.165, 1.54) is 0 Å². The summed E-state index contributed by atoms with van der Waals surface area (Å²) in [5.41, 5.74) is 0. The van der Waals surface area contributed by atoms with E-state index in [2.05, 4.69) is 0 Å². The highest BCUT2D eigenvalue weighted by Crippen LogP contribution is 2.12. The summed E-state index contributed by atoms with van der Waals surface area (Å²) in [6.07, 6.45) is 0.657. The lowest BCUT2D eigenvalue weighted by Crippen LogP contribution is -2.30. The molecule has 0 aromatic rings. The van der Waals surface area contributed by atoms with Crippen LogP contribution in [0.15, 0.2) is 0 Å². The molecule has 0 aromatic heterocycles. The largest absolute Gasteiger partial charge is 0.385 e. The number of aliphatic hydroxyl groups is 1. The van der Waals surface area contributed by atoms with E-state index in [1.807, 2.05) is 0 Å². The monoisotopic (exact) mass is 86.0 g/mol. The first-order valence-electron chi connectivity index (χ1n) is 2.01. The number of carbonyl (C=O) groups excluding carboxylic acids is 1. The van der Waals surface area contributed by atoms with Crippen molar-refractivity contribution in [2.45, 2.75) is 18.9 Å². The summed E-state index contributed by atoms with van der Waals surface area (Å²) in [6.45, 7) is 0. The molecule has 0 amide bonds. The van der Waals surface area contributed by atoms with Crippen molar-refractivity contribution < 1.29 is 9.90 Å². The molecule has 34 valence electrons. The molecule has 0 bridgehead atoms. The van der Waals surface area contributed by atoms with Gasteiger partial charge < -0.3 is 5.11 Å². The Bertz CT molecular complexity index is 77.6. The molecule has 0 heterocycles. The summed E-state index contributed by atoms with van der Waals surface area (Å²) in [7, 11) is 0. The smallest absolute Gasteiger partial charge is 0.161 e. The average molecular weight is 86.1 g/mol. The Morgan fingerprint density at radius 3 is 2.33 bits per heavy atom. The first kappa shape index (κ1) is 3.81. The number of Topliss-reactive ketones (excluding diaryl/α,β-unsaturated/α-hetero) is 1. The van der Waals surface area contributed by atoms with E-state index in [4.69, 9.17) is 5.11 Å². The zero-order chi connectivity index (χ0) is 4.57. The van der Waals surface area contributed by atoms with Crippen LogP contribution in [0.4, 0.5) is 0 Å². The lowest BCUT2D eigenvalue weighted by atomic mass is 9.95. The second-order valence-corrected chi connectivity index (χ2v) is 1.52. The van der Waals surface area contributed by atoms with Crippen LogP contribution in [0.5, 0.6) is 0 Å². The van der Waals surface area contributed by atoms with E-state index in [0.29, 0.717) is 12.8 Å². The van der Waals surface area contributed by atoms with Gasteiger partial charge >= 0.3 is 0 Å². The summed E-state index contributed by atoms with van der Waals surface area (Å²) < 4.78 is 0. The Labute approximate surface area is 35.8 Å². The lowest BCUT2D eigenvalue weighted by molar-refractivity contribution is -0.135. The van der Waals surface area contributed by atoms with Crippen molar-refractivity contribution in [1.82, 2.24) is 0 Å². The SMILES string of the molecule is O=C1CC[C@H]1O. The van der Waals surface area contributed by atoms with Crippen LogP contribution in [-0.2, 0) is 4.79 Å². The summed E-state index contributed by atoms with van der Waals surface area (Å²) in [5.74, 6) is -0.00463. The Balaban J connectivity index is 2.39. The van der Waals surface area contributed by atoms with Gasteiger partial charge in [0.2, 0.25) is 0 Å². The molecule has 0 spiro atoms. The van der Waals surface area contributed by atoms with Crippen molar-refractivity contribution >= 4 is 5.78 Å². The van der Waals surface area contributed by atoms with Gasteiger partial charge in [0.15, 0.2) is 5.78 Å². The van der Waals surface area contributed by atoms with Crippen LogP contribution >= 0.6 is 0 Å². The van der Waals surface area contributed by atoms with Gasteiger partial charge in [-0.25, -0.2) is 0 Å². The van der Waals surface area contributed by atoms with E-state index in [1.54, 1.807) is 0 Å². The third kappa shape index (κ3) is 0.337. The standard InChI is InChI=1S/C4H6O2/c5-3-1-2-4(3)6/h3,5H,1-2H2/t3-/m1/s1. The molecular formula is C4H6O2. The topological polar surface area (TPSA) is 37.3 Å². The van der Waals surface area contributed by atoms with Crippen LogP contribution in [0.25, 0.3) is 0 Å². The zero-order valence-electron chi connectivity index (χ0n) is 3.35. The Morgan fingerprint density at radius 1 is 1.83 bits per heavy atom. The second kappa shape index (κ2) is 1.05. The van der Waals surface area contributed by atoms with Crippen molar-refractivity contribution in [3.63, 3.8) is 0 Å². The number of ketones is 1. The minimum atomic E-state index is -0.606. The van der Waals surface area contributed by atoms with Gasteiger partial charge in [-0.15, -0.1) is 0 Å². The van der Waals surface area contributed by atoms with Crippen molar-refractivity contribution in [1.29, 1.82) is 0 Å². The molecule has 0 radical (unpaired) electrons. The zero-order valence-corrected chi connectivity index (χ0v) is 3.35. The minimum Gasteiger partial charge on any atom is -0.385 e. The number of rotatable bonds is 0. The molecule has 0 saturated heterocycles. The predicted molar refractivity (Wildman–Crippen MR) is 20.2 cm³/mol. The predicted octanol–water partition coefficient (Wildman–Crippen LogP) is -0.290. The van der Waals surface area contributed by atoms with Crippen LogP contribution in [-0.4, -0.2) is 17.0 Å². The summed E-state index contributed by atoms with van der Waals surface area (Å²) in [5, 5.41) is 8.37. The maximum atomic E-state index is 9.98. The highest BCUT2D eigenvalue weighted by Gasteiger charge is 2.24. The number of hydrogen-bond donors (Lipinski definition) is 1. The third-order valence-corrected chi connectivity index (χ3v) is 1.04. The summed E-state index contributed by atoms with van der Waals surface area (Å²) in [6, 6.07) is 0. The Morgan fingerprint density at radius 2 is 2.33 bits per heavy atom. The van der Waals surface area contributed by atoms with E-state index >= 15 is 0 Å². The van der Waals surface area contributed by atoms with Crippen LogP contribution in [0, 0.1) is 0 Å². The van der Waals surface area contributed by atoms with E-state index in [9.17, 15) is 4.79 Å². The van der Waals surface area contributed by atoms with Gasteiger partial charge in [-0.05, 0) is 6.42 Å². The highest BCUT2D eigenvalue weighted by molar-refractivity contribution is 5.88. The molecule has 1 saturated carbocycles. The number of carbonyl (C=O) groups is 1. The molecular weight excluding hydrogens is 80.0 g/mol. The van der Waals surface area contributed by atoms with Crippen LogP contribution in [0.3, 0.4) is 0 Å². The summed E-state index contributed by atoms with van der Waals surface area (Å²) in [4.78, 5) is 9.98. The van der Waals surface area contributed by atoms with Gasteiger partial charge in [0.1, 0.15) is 6.10 Å². The normalized spacial score (nSPS) is 32.8. The fraction of sp³-hybridized carbons (Fsp3) is 0.750. The lowest BCUT2D eigenvalue weighted by Gasteiger charge is -2.16. The van der Waals surface area contributed by atoms with Crippen LogP contribution in [0.2, 0.25) is 0 Å². The maximum Gasteiger partial charge on any atom is 0.161 e. The van der Waals surface area contributed by atoms with Gasteiger partial charge in [0.25, 0.3) is 0 Å². The first-order chi connectivity index (χ1) is 2.80. The molecule has 1 fully saturated rings. The molecule has 2 nitrogen and oxygen atoms in total. The molecule has 1 aliphatic carbocycles. The molecule has 0 aromatic carbocycles. The molecule has 1 atom stereocenters. The second-order valence-electron chi connectivity index (χ2n) is 1.52. The number of aliphatic hydroxyl groups excluding tert-OH is 1. The molecule has 6 heavy (non-hydrogen) atoms. The van der Waals surface area contributed by atoms with Gasteiger partial charge in [-0.3, -0.25) is 4.79 Å². The van der Waals surface area contributed by atoms with Crippen molar-refractivity contribution in [3.05, 3.63) is 0 Å². The Kier molecular flexibility index (Phi) is 0.665. The van der Waals surface area contributed by atoms with Crippen LogP contribution in [0.1, 0.15) is 12.8 Å². The van der Waals surface area contributed by atoms with Gasteiger partial charge in [-0.1, -0.05) is 0 Å². The third-order valence-electron chi connectivity index (χ3n) is 1.04. The molecule has 1 rings (SSSR count). The number of hydrogen-bond acceptors (Lipinski definition) is 2. The van der Waals surface area contributed by atoms with Crippen molar-refractivity contribution in [2.24, 2.45) is 0 Å². The molecule has 0 unspecified atom stereocenters. The van der Waals surface area contributed by atoms with E-state index in [-0.39, 0.29) is 5.78 Å². The average Bonchev–Trinajstić information content (AvgIpc) is 1.61. The first-order valence-corrected chi connectivity index (χ1v) is 2.01. The van der Waals surface area contributed by atoms with Gasteiger partial charge in [0, 0.05) is 6.42 Å². The van der Waals surface area contributed by atoms with E-state index < -0.39 is 6.10 Å². The minimum absolute atomic E-state index is 0.00463. The summed E-state index contributed by atoms with van der Waals surface area (Å²) >= 11 is 0. The Hall–Kier alpha value is -0.370. The maximum absolute atomic E-state index is 9.98. The van der Waals surface area contributed by atoms with Crippen molar-refractivity contribution in [3.8, 4) is 0 Å². The fourth-order valence-electron chi connectivity index (χ4n) is 0.391. The molecule has 0 aliphatic heterocycles. The van der Waals surface area contributed by atoms with E-state index in [0.717, 1.165) is 0 Å². The molecule has 1 N–H and O–H groups in total.